The Bertz CT molecular complexity index is 523. The fourth-order valence-electron chi connectivity index (χ4n) is 2.61. The Morgan fingerprint density at radius 2 is 2.14 bits per heavy atom. The average Bonchev–Trinajstić information content (AvgIpc) is 2.42. The number of carboxylic acid groups (broad SMARTS) is 1. The number of rotatable bonds is 7. The molecule has 0 saturated heterocycles. The molecule has 1 aromatic rings. The van der Waals surface area contributed by atoms with Gasteiger partial charge in [-0.25, -0.2) is 4.79 Å². The fourth-order valence-corrected chi connectivity index (χ4v) is 2.61. The van der Waals surface area contributed by atoms with Gasteiger partial charge in [-0.1, -0.05) is 12.1 Å². The van der Waals surface area contributed by atoms with E-state index in [2.05, 4.69) is 5.32 Å². The molecule has 21 heavy (non-hydrogen) atoms. The van der Waals surface area contributed by atoms with Crippen LogP contribution in [-0.2, 0) is 16.1 Å². The molecule has 114 valence electrons. The lowest BCUT2D eigenvalue weighted by Crippen LogP contribution is -2.52. The third-order valence-corrected chi connectivity index (χ3v) is 3.94. The molecule has 0 aliphatic heterocycles. The van der Waals surface area contributed by atoms with Gasteiger partial charge in [0.15, 0.2) is 0 Å². The molecule has 0 radical (unpaired) electrons. The van der Waals surface area contributed by atoms with E-state index in [1.807, 2.05) is 6.07 Å². The highest BCUT2D eigenvalue weighted by molar-refractivity contribution is 5.87. The standard InChI is InChI=1S/C16H21NO4/c1-2-21-14(18)10-16(7-4-8-16)17-11-12-5-3-6-13(9-12)15(19)20/h3,5-6,9,17H,2,4,7-8,10-11H2,1H3,(H,19,20). The predicted molar refractivity (Wildman–Crippen MR) is 78.1 cm³/mol. The van der Waals surface area contributed by atoms with Crippen LogP contribution >= 0.6 is 0 Å². The molecule has 1 fully saturated rings. The number of ether oxygens (including phenoxy) is 1. The summed E-state index contributed by atoms with van der Waals surface area (Å²) < 4.78 is 5.02. The topological polar surface area (TPSA) is 75.6 Å². The molecule has 0 heterocycles. The molecule has 2 rings (SSSR count). The molecular weight excluding hydrogens is 270 g/mol. The third-order valence-electron chi connectivity index (χ3n) is 3.94. The molecule has 1 saturated carbocycles. The van der Waals surface area contributed by atoms with Crippen LogP contribution in [0.4, 0.5) is 0 Å². The summed E-state index contributed by atoms with van der Waals surface area (Å²) in [4.78, 5) is 22.6. The van der Waals surface area contributed by atoms with Crippen LogP contribution in [0.1, 0.15) is 48.5 Å². The largest absolute Gasteiger partial charge is 0.478 e. The van der Waals surface area contributed by atoms with Gasteiger partial charge in [-0.15, -0.1) is 0 Å². The molecule has 2 N–H and O–H groups in total. The molecule has 0 bridgehead atoms. The summed E-state index contributed by atoms with van der Waals surface area (Å²) in [5, 5.41) is 12.4. The third kappa shape index (κ3) is 4.04. The van der Waals surface area contributed by atoms with Gasteiger partial charge in [0.2, 0.25) is 0 Å². The van der Waals surface area contributed by atoms with Gasteiger partial charge in [0.05, 0.1) is 18.6 Å². The minimum Gasteiger partial charge on any atom is -0.478 e. The van der Waals surface area contributed by atoms with E-state index in [1.165, 1.54) is 0 Å². The van der Waals surface area contributed by atoms with Crippen LogP contribution in [0.25, 0.3) is 0 Å². The summed E-state index contributed by atoms with van der Waals surface area (Å²) in [6.45, 7) is 2.76. The molecule has 1 aromatic carbocycles. The maximum Gasteiger partial charge on any atom is 0.335 e. The molecule has 0 atom stereocenters. The molecule has 0 unspecified atom stereocenters. The number of carbonyl (C=O) groups is 2. The van der Waals surface area contributed by atoms with Crippen LogP contribution < -0.4 is 5.32 Å². The van der Waals surface area contributed by atoms with Crippen LogP contribution in [0.5, 0.6) is 0 Å². The Kier molecular flexibility index (Phi) is 4.96. The zero-order chi connectivity index (χ0) is 15.3. The van der Waals surface area contributed by atoms with Crippen molar-refractivity contribution in [2.75, 3.05) is 6.61 Å². The van der Waals surface area contributed by atoms with Crippen LogP contribution in [0.15, 0.2) is 24.3 Å². The van der Waals surface area contributed by atoms with E-state index in [9.17, 15) is 9.59 Å². The van der Waals surface area contributed by atoms with Gasteiger partial charge < -0.3 is 15.2 Å². The number of hydrogen-bond donors (Lipinski definition) is 2. The normalized spacial score (nSPS) is 16.0. The van der Waals surface area contributed by atoms with E-state index in [4.69, 9.17) is 9.84 Å². The SMILES string of the molecule is CCOC(=O)CC1(NCc2cccc(C(=O)O)c2)CCC1. The van der Waals surface area contributed by atoms with Crippen LogP contribution in [0, 0.1) is 0 Å². The summed E-state index contributed by atoms with van der Waals surface area (Å²) in [6, 6.07) is 6.85. The molecule has 5 nitrogen and oxygen atoms in total. The lowest BCUT2D eigenvalue weighted by molar-refractivity contribution is -0.146. The van der Waals surface area contributed by atoms with Crippen molar-refractivity contribution in [1.82, 2.24) is 5.32 Å². The Balaban J connectivity index is 1.95. The predicted octanol–water partition coefficient (Wildman–Crippen LogP) is 2.35. The van der Waals surface area contributed by atoms with Crippen molar-refractivity contribution in [1.29, 1.82) is 0 Å². The van der Waals surface area contributed by atoms with Crippen LogP contribution in [0.2, 0.25) is 0 Å². The molecule has 1 aliphatic rings. The molecule has 0 amide bonds. The smallest absolute Gasteiger partial charge is 0.335 e. The molecule has 1 aliphatic carbocycles. The van der Waals surface area contributed by atoms with Crippen molar-refractivity contribution in [2.24, 2.45) is 0 Å². The first-order chi connectivity index (χ1) is 10.0. The second kappa shape index (κ2) is 6.72. The number of carbonyl (C=O) groups excluding carboxylic acids is 1. The van der Waals surface area contributed by atoms with Gasteiger partial charge in [-0.3, -0.25) is 4.79 Å². The Morgan fingerprint density at radius 1 is 1.38 bits per heavy atom. The van der Waals surface area contributed by atoms with Crippen molar-refractivity contribution in [3.63, 3.8) is 0 Å². The van der Waals surface area contributed by atoms with Gasteiger partial charge in [0.25, 0.3) is 0 Å². The number of aromatic carboxylic acids is 1. The molecule has 5 heteroatoms. The molecule has 0 spiro atoms. The van der Waals surface area contributed by atoms with Crippen LogP contribution in [0.3, 0.4) is 0 Å². The Morgan fingerprint density at radius 3 is 2.71 bits per heavy atom. The van der Waals surface area contributed by atoms with Crippen molar-refractivity contribution in [3.8, 4) is 0 Å². The average molecular weight is 291 g/mol. The van der Waals surface area contributed by atoms with E-state index >= 15 is 0 Å². The van der Waals surface area contributed by atoms with E-state index in [-0.39, 0.29) is 17.1 Å². The first-order valence-electron chi connectivity index (χ1n) is 7.27. The van der Waals surface area contributed by atoms with Gasteiger partial charge in [-0.2, -0.15) is 0 Å². The van der Waals surface area contributed by atoms with Gasteiger partial charge in [0.1, 0.15) is 0 Å². The zero-order valence-electron chi connectivity index (χ0n) is 12.2. The maximum atomic E-state index is 11.7. The summed E-state index contributed by atoms with van der Waals surface area (Å²) in [5.74, 6) is -1.11. The quantitative estimate of drug-likeness (QED) is 0.754. The Labute approximate surface area is 124 Å². The Hall–Kier alpha value is -1.88. The zero-order valence-corrected chi connectivity index (χ0v) is 12.2. The van der Waals surface area contributed by atoms with Gasteiger partial charge >= 0.3 is 11.9 Å². The van der Waals surface area contributed by atoms with E-state index in [0.29, 0.717) is 19.6 Å². The van der Waals surface area contributed by atoms with E-state index in [1.54, 1.807) is 25.1 Å². The number of esters is 1. The lowest BCUT2D eigenvalue weighted by Gasteiger charge is -2.42. The van der Waals surface area contributed by atoms with E-state index < -0.39 is 5.97 Å². The molecular formula is C16H21NO4. The minimum absolute atomic E-state index is 0.177. The number of carboxylic acids is 1. The van der Waals surface area contributed by atoms with Crippen molar-refractivity contribution >= 4 is 11.9 Å². The van der Waals surface area contributed by atoms with Gasteiger partial charge in [0, 0.05) is 12.1 Å². The highest BCUT2D eigenvalue weighted by Crippen LogP contribution is 2.35. The second-order valence-corrected chi connectivity index (χ2v) is 5.47. The number of benzene rings is 1. The van der Waals surface area contributed by atoms with Crippen LogP contribution in [-0.4, -0.2) is 29.2 Å². The highest BCUT2D eigenvalue weighted by atomic mass is 16.5. The summed E-state index contributed by atoms with van der Waals surface area (Å²) >= 11 is 0. The number of hydrogen-bond acceptors (Lipinski definition) is 4. The minimum atomic E-state index is -0.929. The highest BCUT2D eigenvalue weighted by Gasteiger charge is 2.38. The first-order valence-corrected chi connectivity index (χ1v) is 7.27. The van der Waals surface area contributed by atoms with Crippen molar-refractivity contribution in [3.05, 3.63) is 35.4 Å². The monoisotopic (exact) mass is 291 g/mol. The first kappa shape index (κ1) is 15.5. The second-order valence-electron chi connectivity index (χ2n) is 5.47. The lowest BCUT2D eigenvalue weighted by atomic mass is 9.74. The summed E-state index contributed by atoms with van der Waals surface area (Å²) in [7, 11) is 0. The summed E-state index contributed by atoms with van der Waals surface area (Å²) in [6.07, 6.45) is 3.37. The summed E-state index contributed by atoms with van der Waals surface area (Å²) in [5.41, 5.74) is 0.998. The molecule has 0 aromatic heterocycles. The van der Waals surface area contributed by atoms with Gasteiger partial charge in [-0.05, 0) is 43.9 Å². The van der Waals surface area contributed by atoms with Crippen molar-refractivity contribution < 1.29 is 19.4 Å². The van der Waals surface area contributed by atoms with E-state index in [0.717, 1.165) is 24.8 Å². The fraction of sp³-hybridized carbons (Fsp3) is 0.500. The van der Waals surface area contributed by atoms with Crippen molar-refractivity contribution in [2.45, 2.75) is 44.7 Å². The number of nitrogens with one attached hydrogen (secondary N) is 1. The maximum absolute atomic E-state index is 11.7.